The number of nitro benzene ring substituents is 1. The first-order chi connectivity index (χ1) is 15.3. The number of ether oxygens (including phenoxy) is 1. The van der Waals surface area contributed by atoms with Crippen LogP contribution >= 0.6 is 0 Å². The summed E-state index contributed by atoms with van der Waals surface area (Å²) >= 11 is 0. The van der Waals surface area contributed by atoms with Gasteiger partial charge in [0.15, 0.2) is 5.75 Å². The molecule has 0 N–H and O–H groups in total. The van der Waals surface area contributed by atoms with E-state index >= 15 is 0 Å². The van der Waals surface area contributed by atoms with Gasteiger partial charge in [-0.2, -0.15) is 9.29 Å². The minimum atomic E-state index is -3.99. The van der Waals surface area contributed by atoms with Crippen molar-refractivity contribution >= 4 is 15.7 Å². The molecule has 2 heterocycles. The maximum atomic E-state index is 13.2. The second-order valence-corrected chi connectivity index (χ2v) is 9.19. The van der Waals surface area contributed by atoms with Crippen molar-refractivity contribution < 1.29 is 27.0 Å². The number of aromatic nitrogens is 2. The zero-order chi connectivity index (χ0) is 22.9. The van der Waals surface area contributed by atoms with Gasteiger partial charge in [0, 0.05) is 24.7 Å². The van der Waals surface area contributed by atoms with E-state index in [0.717, 1.165) is 6.07 Å². The first-order valence-electron chi connectivity index (χ1n) is 9.71. The summed E-state index contributed by atoms with van der Waals surface area (Å²) in [7, 11) is -2.72. The van der Waals surface area contributed by atoms with Crippen LogP contribution in [0.25, 0.3) is 11.4 Å². The lowest BCUT2D eigenvalue weighted by atomic mass is 10.00. The van der Waals surface area contributed by atoms with E-state index in [1.54, 1.807) is 0 Å². The number of hydrogen-bond donors (Lipinski definition) is 0. The molecule has 32 heavy (non-hydrogen) atoms. The molecular weight excluding hydrogens is 443 g/mol. The van der Waals surface area contributed by atoms with Gasteiger partial charge in [-0.25, -0.2) is 12.8 Å². The van der Waals surface area contributed by atoms with E-state index in [9.17, 15) is 22.9 Å². The van der Waals surface area contributed by atoms with Crippen molar-refractivity contribution in [2.75, 3.05) is 20.2 Å². The van der Waals surface area contributed by atoms with Gasteiger partial charge < -0.3 is 9.26 Å². The summed E-state index contributed by atoms with van der Waals surface area (Å²) in [4.78, 5) is 14.8. The standard InChI is InChI=1S/C20H19FN4O6S/c1-30-18-9-8-16(11-17(18)25(26)27)32(28,29)24-10-2-3-14(12-24)20-22-19(23-31-20)13-4-6-15(21)7-5-13/h4-9,11,14H,2-3,10,12H2,1H3. The molecule has 1 fully saturated rings. The zero-order valence-corrected chi connectivity index (χ0v) is 17.8. The first kappa shape index (κ1) is 21.8. The van der Waals surface area contributed by atoms with Crippen LogP contribution in [0.3, 0.4) is 0 Å². The highest BCUT2D eigenvalue weighted by Crippen LogP contribution is 2.34. The second-order valence-electron chi connectivity index (χ2n) is 7.26. The lowest BCUT2D eigenvalue weighted by Crippen LogP contribution is -2.39. The van der Waals surface area contributed by atoms with E-state index in [1.165, 1.54) is 47.8 Å². The number of nitrogens with zero attached hydrogens (tertiary/aromatic N) is 4. The highest BCUT2D eigenvalue weighted by molar-refractivity contribution is 7.89. The van der Waals surface area contributed by atoms with Crippen molar-refractivity contribution in [1.82, 2.24) is 14.4 Å². The molecule has 0 saturated carbocycles. The lowest BCUT2D eigenvalue weighted by molar-refractivity contribution is -0.386. The molecular formula is C20H19FN4O6S. The Morgan fingerprint density at radius 3 is 2.69 bits per heavy atom. The lowest BCUT2D eigenvalue weighted by Gasteiger charge is -2.30. The normalized spacial score (nSPS) is 17.2. The Morgan fingerprint density at radius 2 is 2.00 bits per heavy atom. The molecule has 1 unspecified atom stereocenters. The molecule has 10 nitrogen and oxygen atoms in total. The van der Waals surface area contributed by atoms with Crippen LogP contribution < -0.4 is 4.74 Å². The third kappa shape index (κ3) is 4.18. The summed E-state index contributed by atoms with van der Waals surface area (Å²) in [6.07, 6.45) is 1.19. The van der Waals surface area contributed by atoms with E-state index in [0.29, 0.717) is 18.4 Å². The number of piperidine rings is 1. The van der Waals surface area contributed by atoms with E-state index < -0.39 is 20.6 Å². The topological polar surface area (TPSA) is 129 Å². The quantitative estimate of drug-likeness (QED) is 0.403. The van der Waals surface area contributed by atoms with E-state index in [-0.39, 0.29) is 47.2 Å². The molecule has 4 rings (SSSR count). The fraction of sp³-hybridized carbons (Fsp3) is 0.300. The Balaban J connectivity index is 1.57. The monoisotopic (exact) mass is 462 g/mol. The summed E-state index contributed by atoms with van der Waals surface area (Å²) in [5, 5.41) is 15.2. The van der Waals surface area contributed by atoms with Gasteiger partial charge in [0.1, 0.15) is 5.82 Å². The Morgan fingerprint density at radius 1 is 1.25 bits per heavy atom. The Labute approximate surface area is 182 Å². The molecule has 1 atom stereocenters. The van der Waals surface area contributed by atoms with Crippen LogP contribution in [0.4, 0.5) is 10.1 Å². The van der Waals surface area contributed by atoms with E-state index in [4.69, 9.17) is 9.26 Å². The number of benzene rings is 2. The van der Waals surface area contributed by atoms with Crippen molar-refractivity contribution in [1.29, 1.82) is 0 Å². The number of hydrogen-bond acceptors (Lipinski definition) is 8. The molecule has 0 bridgehead atoms. The summed E-state index contributed by atoms with van der Waals surface area (Å²) in [6.45, 7) is 0.352. The third-order valence-electron chi connectivity index (χ3n) is 5.26. The molecule has 1 aromatic heterocycles. The average molecular weight is 462 g/mol. The molecule has 0 aliphatic carbocycles. The van der Waals surface area contributed by atoms with Gasteiger partial charge in [-0.15, -0.1) is 0 Å². The number of nitro groups is 1. The molecule has 0 spiro atoms. The van der Waals surface area contributed by atoms with Crippen LogP contribution in [-0.4, -0.2) is 48.0 Å². The number of rotatable bonds is 6. The largest absolute Gasteiger partial charge is 0.490 e. The van der Waals surface area contributed by atoms with Crippen molar-refractivity contribution in [3.63, 3.8) is 0 Å². The summed E-state index contributed by atoms with van der Waals surface area (Å²) < 4.78 is 51.0. The molecule has 2 aromatic carbocycles. The van der Waals surface area contributed by atoms with Crippen LogP contribution in [0.15, 0.2) is 51.9 Å². The van der Waals surface area contributed by atoms with Gasteiger partial charge in [-0.1, -0.05) is 5.16 Å². The molecule has 12 heteroatoms. The molecule has 0 amide bonds. The van der Waals surface area contributed by atoms with Gasteiger partial charge in [0.25, 0.3) is 0 Å². The molecule has 1 aliphatic rings. The van der Waals surface area contributed by atoms with Gasteiger partial charge in [-0.3, -0.25) is 10.1 Å². The van der Waals surface area contributed by atoms with Gasteiger partial charge in [0.05, 0.1) is 22.8 Å². The van der Waals surface area contributed by atoms with Gasteiger partial charge in [-0.05, 0) is 49.2 Å². The Hall–Kier alpha value is -3.38. The number of methoxy groups -OCH3 is 1. The number of halogens is 1. The predicted octanol–water partition coefficient (Wildman–Crippen LogP) is 3.36. The van der Waals surface area contributed by atoms with Crippen molar-refractivity contribution in [3.05, 3.63) is 64.3 Å². The maximum absolute atomic E-state index is 13.2. The second kappa shape index (κ2) is 8.63. The average Bonchev–Trinajstić information content (AvgIpc) is 3.29. The van der Waals surface area contributed by atoms with Gasteiger partial charge >= 0.3 is 5.69 Å². The van der Waals surface area contributed by atoms with Crippen LogP contribution in [0.5, 0.6) is 5.75 Å². The minimum Gasteiger partial charge on any atom is -0.490 e. The highest BCUT2D eigenvalue weighted by atomic mass is 32.2. The maximum Gasteiger partial charge on any atom is 0.312 e. The Kier molecular flexibility index (Phi) is 5.89. The van der Waals surface area contributed by atoms with Gasteiger partial charge in [0.2, 0.25) is 21.7 Å². The molecule has 168 valence electrons. The zero-order valence-electron chi connectivity index (χ0n) is 17.0. The minimum absolute atomic E-state index is 0.0235. The Bertz CT molecular complexity index is 1250. The summed E-state index contributed by atoms with van der Waals surface area (Å²) in [5.41, 5.74) is 0.148. The summed E-state index contributed by atoms with van der Waals surface area (Å²) in [5.74, 6) is -0.182. The fourth-order valence-electron chi connectivity index (χ4n) is 3.60. The van der Waals surface area contributed by atoms with Crippen LogP contribution in [0, 0.1) is 15.9 Å². The van der Waals surface area contributed by atoms with Crippen molar-refractivity contribution in [3.8, 4) is 17.1 Å². The molecule has 1 aliphatic heterocycles. The first-order valence-corrected chi connectivity index (χ1v) is 11.2. The van der Waals surface area contributed by atoms with E-state index in [1.807, 2.05) is 0 Å². The summed E-state index contributed by atoms with van der Waals surface area (Å²) in [6, 6.07) is 9.17. The molecule has 0 radical (unpaired) electrons. The van der Waals surface area contributed by atoms with Crippen LogP contribution in [-0.2, 0) is 10.0 Å². The molecule has 3 aromatic rings. The van der Waals surface area contributed by atoms with Crippen LogP contribution in [0.1, 0.15) is 24.7 Å². The SMILES string of the molecule is COc1ccc(S(=O)(=O)N2CCCC(c3nc(-c4ccc(F)cc4)no3)C2)cc1[N+](=O)[O-]. The van der Waals surface area contributed by atoms with E-state index in [2.05, 4.69) is 10.1 Å². The molecule has 1 saturated heterocycles. The van der Waals surface area contributed by atoms with Crippen molar-refractivity contribution in [2.45, 2.75) is 23.7 Å². The predicted molar refractivity (Wildman–Crippen MR) is 110 cm³/mol. The van der Waals surface area contributed by atoms with Crippen LogP contribution in [0.2, 0.25) is 0 Å². The van der Waals surface area contributed by atoms with Crippen molar-refractivity contribution in [2.24, 2.45) is 0 Å². The fourth-order valence-corrected chi connectivity index (χ4v) is 5.15. The third-order valence-corrected chi connectivity index (χ3v) is 7.12. The highest BCUT2D eigenvalue weighted by Gasteiger charge is 2.34. The number of sulfonamides is 1. The smallest absolute Gasteiger partial charge is 0.312 e.